The molecular weight excluding hydrogens is 430 g/mol. The summed E-state index contributed by atoms with van der Waals surface area (Å²) in [4.78, 5) is 21.8. The highest BCUT2D eigenvalue weighted by molar-refractivity contribution is 8.01. The monoisotopic (exact) mass is 447 g/mol. The van der Waals surface area contributed by atoms with Gasteiger partial charge in [0.1, 0.15) is 0 Å². The summed E-state index contributed by atoms with van der Waals surface area (Å²) in [7, 11) is -2.27. The number of sulfonamides is 1. The fourth-order valence-electron chi connectivity index (χ4n) is 1.84. The Balaban J connectivity index is 1.80. The van der Waals surface area contributed by atoms with Crippen LogP contribution >= 0.6 is 23.1 Å². The summed E-state index contributed by atoms with van der Waals surface area (Å²) in [5.74, 6) is 0.291. The molecule has 0 saturated heterocycles. The minimum Gasteiger partial charge on any atom is -0.384 e. The molecule has 0 spiro atoms. The summed E-state index contributed by atoms with van der Waals surface area (Å²) in [6.45, 7) is 0.431. The number of nitro groups is 1. The molecule has 0 fully saturated rings. The largest absolute Gasteiger partial charge is 0.384 e. The van der Waals surface area contributed by atoms with Crippen molar-refractivity contribution in [3.63, 3.8) is 0 Å². The van der Waals surface area contributed by atoms with E-state index in [0.717, 1.165) is 24.3 Å². The molecule has 0 saturated carbocycles. The Morgan fingerprint density at radius 2 is 2.04 bits per heavy atom. The number of non-ortho nitro benzene ring substituents is 1. The first-order chi connectivity index (χ1) is 13.3. The van der Waals surface area contributed by atoms with Crippen molar-refractivity contribution in [3.8, 4) is 0 Å². The molecule has 2 rings (SSSR count). The van der Waals surface area contributed by atoms with Gasteiger partial charge in [-0.1, -0.05) is 23.1 Å². The van der Waals surface area contributed by atoms with Gasteiger partial charge >= 0.3 is 0 Å². The van der Waals surface area contributed by atoms with Crippen LogP contribution < -0.4 is 10.0 Å². The fraction of sp³-hybridized carbons (Fsp3) is 0.357. The predicted molar refractivity (Wildman–Crippen MR) is 104 cm³/mol. The maximum absolute atomic E-state index is 12.1. The number of benzene rings is 1. The van der Waals surface area contributed by atoms with Gasteiger partial charge in [-0.25, -0.2) is 13.1 Å². The quantitative estimate of drug-likeness (QED) is 0.171. The molecule has 1 amide bonds. The summed E-state index contributed by atoms with van der Waals surface area (Å²) in [6.07, 6.45) is -0.113. The van der Waals surface area contributed by atoms with Gasteiger partial charge < -0.3 is 10.1 Å². The first kappa shape index (κ1) is 22.2. The molecule has 0 atom stereocenters. The van der Waals surface area contributed by atoms with Crippen LogP contribution in [-0.2, 0) is 19.6 Å². The normalized spacial score (nSPS) is 11.3. The number of nitro benzene ring substituents is 1. The topological polar surface area (TPSA) is 153 Å². The average molecular weight is 448 g/mol. The highest BCUT2D eigenvalue weighted by Gasteiger charge is 2.16. The molecule has 2 N–H and O–H groups in total. The average Bonchev–Trinajstić information content (AvgIpc) is 3.09. The molecule has 0 unspecified atom stereocenters. The van der Waals surface area contributed by atoms with Gasteiger partial charge in [0.15, 0.2) is 4.34 Å². The number of carbonyl (C=O) groups excluding carboxylic acids is 1. The summed E-state index contributed by atoms with van der Waals surface area (Å²) in [6, 6.07) is 4.45. The van der Waals surface area contributed by atoms with Crippen LogP contribution in [0.15, 0.2) is 33.5 Å². The van der Waals surface area contributed by atoms with Crippen LogP contribution in [0.3, 0.4) is 0 Å². The lowest BCUT2D eigenvalue weighted by Crippen LogP contribution is -2.27. The standard InChI is InChI=1S/C14H17N5O6S3/c1-25-8-9-26-14-18-17-13(27-14)16-12(20)6-7-15-28(23,24)11-4-2-10(3-5-11)19(21)22/h2-5,15H,6-9H2,1H3,(H,16,17,20). The van der Waals surface area contributed by atoms with E-state index in [9.17, 15) is 23.3 Å². The zero-order chi connectivity index (χ0) is 20.6. The lowest BCUT2D eigenvalue weighted by molar-refractivity contribution is -0.384. The maximum Gasteiger partial charge on any atom is 0.269 e. The lowest BCUT2D eigenvalue weighted by atomic mass is 10.3. The minimum absolute atomic E-state index is 0.113. The lowest BCUT2D eigenvalue weighted by Gasteiger charge is -2.06. The number of thioether (sulfide) groups is 1. The van der Waals surface area contributed by atoms with E-state index in [1.54, 1.807) is 7.11 Å². The van der Waals surface area contributed by atoms with E-state index in [1.807, 2.05) is 0 Å². The number of aromatic nitrogens is 2. The van der Waals surface area contributed by atoms with Gasteiger partial charge in [0, 0.05) is 38.0 Å². The zero-order valence-electron chi connectivity index (χ0n) is 14.7. The summed E-state index contributed by atoms with van der Waals surface area (Å²) < 4.78 is 32.2. The van der Waals surface area contributed by atoms with Crippen molar-refractivity contribution in [2.45, 2.75) is 15.7 Å². The number of hydrogen-bond acceptors (Lipinski definition) is 10. The second-order valence-electron chi connectivity index (χ2n) is 5.16. The Hall–Kier alpha value is -2.13. The predicted octanol–water partition coefficient (Wildman–Crippen LogP) is 1.49. The van der Waals surface area contributed by atoms with Crippen molar-refractivity contribution in [2.24, 2.45) is 0 Å². The van der Waals surface area contributed by atoms with Gasteiger partial charge in [-0.2, -0.15) is 0 Å². The van der Waals surface area contributed by atoms with Crippen molar-refractivity contribution in [3.05, 3.63) is 34.4 Å². The molecule has 28 heavy (non-hydrogen) atoms. The molecule has 152 valence electrons. The summed E-state index contributed by atoms with van der Waals surface area (Å²) in [5.41, 5.74) is -0.213. The maximum atomic E-state index is 12.1. The molecule has 14 heteroatoms. The molecule has 0 aliphatic rings. The number of rotatable bonds is 11. The van der Waals surface area contributed by atoms with E-state index in [4.69, 9.17) is 4.74 Å². The van der Waals surface area contributed by atoms with Gasteiger partial charge in [0.2, 0.25) is 21.1 Å². The summed E-state index contributed by atoms with van der Waals surface area (Å²) >= 11 is 2.66. The van der Waals surface area contributed by atoms with Gasteiger partial charge in [0.05, 0.1) is 16.4 Å². The first-order valence-corrected chi connectivity index (χ1v) is 11.1. The Kier molecular flexibility index (Phi) is 8.25. The van der Waals surface area contributed by atoms with Crippen LogP contribution in [0.4, 0.5) is 10.8 Å². The van der Waals surface area contributed by atoms with Crippen LogP contribution in [0.25, 0.3) is 0 Å². The smallest absolute Gasteiger partial charge is 0.269 e. The van der Waals surface area contributed by atoms with E-state index in [0.29, 0.717) is 21.8 Å². The molecule has 11 nitrogen and oxygen atoms in total. The SMILES string of the molecule is COCCSc1nnc(NC(=O)CCNS(=O)(=O)c2ccc([N+](=O)[O-])cc2)s1. The highest BCUT2D eigenvalue weighted by atomic mass is 32.2. The number of anilines is 1. The number of ether oxygens (including phenoxy) is 1. The van der Waals surface area contributed by atoms with E-state index in [-0.39, 0.29) is 23.5 Å². The van der Waals surface area contributed by atoms with Crippen LogP contribution in [0.5, 0.6) is 0 Å². The number of nitrogens with one attached hydrogen (secondary N) is 2. The van der Waals surface area contributed by atoms with Crippen LogP contribution in [-0.4, -0.2) is 55.5 Å². The van der Waals surface area contributed by atoms with Gasteiger partial charge in [-0.3, -0.25) is 14.9 Å². The van der Waals surface area contributed by atoms with Crippen LogP contribution in [0, 0.1) is 10.1 Å². The molecular formula is C14H17N5O6S3. The Labute approximate surface area is 169 Å². The number of hydrogen-bond donors (Lipinski definition) is 2. The molecule has 0 bridgehead atoms. The van der Waals surface area contributed by atoms with E-state index >= 15 is 0 Å². The Bertz CT molecular complexity index is 916. The summed E-state index contributed by atoms with van der Waals surface area (Å²) in [5, 5.41) is 21.2. The molecule has 1 aromatic heterocycles. The minimum atomic E-state index is -3.87. The third kappa shape index (κ3) is 6.79. The van der Waals surface area contributed by atoms with Crippen molar-refractivity contribution in [2.75, 3.05) is 31.3 Å². The Morgan fingerprint density at radius 3 is 2.68 bits per heavy atom. The third-order valence-electron chi connectivity index (χ3n) is 3.17. The molecule has 0 aliphatic heterocycles. The van der Waals surface area contributed by atoms with Crippen molar-refractivity contribution in [1.82, 2.24) is 14.9 Å². The number of amides is 1. The van der Waals surface area contributed by atoms with Crippen LogP contribution in [0.2, 0.25) is 0 Å². The number of carbonyl (C=O) groups is 1. The Morgan fingerprint density at radius 1 is 1.32 bits per heavy atom. The molecule has 1 heterocycles. The zero-order valence-corrected chi connectivity index (χ0v) is 17.1. The van der Waals surface area contributed by atoms with E-state index < -0.39 is 20.9 Å². The van der Waals surface area contributed by atoms with E-state index in [1.165, 1.54) is 23.1 Å². The number of nitrogens with zero attached hydrogens (tertiary/aromatic N) is 3. The van der Waals surface area contributed by atoms with Crippen molar-refractivity contribution < 1.29 is 22.9 Å². The van der Waals surface area contributed by atoms with Gasteiger partial charge in [-0.05, 0) is 12.1 Å². The van der Waals surface area contributed by atoms with Crippen molar-refractivity contribution >= 4 is 49.8 Å². The number of methoxy groups -OCH3 is 1. The van der Waals surface area contributed by atoms with Crippen molar-refractivity contribution in [1.29, 1.82) is 0 Å². The third-order valence-corrected chi connectivity index (χ3v) is 6.58. The second kappa shape index (κ2) is 10.4. The first-order valence-electron chi connectivity index (χ1n) is 7.81. The fourth-order valence-corrected chi connectivity index (χ4v) is 4.61. The van der Waals surface area contributed by atoms with Gasteiger partial charge in [0.25, 0.3) is 5.69 Å². The van der Waals surface area contributed by atoms with Gasteiger partial charge in [-0.15, -0.1) is 10.2 Å². The van der Waals surface area contributed by atoms with E-state index in [2.05, 4.69) is 20.2 Å². The molecule has 2 aromatic rings. The molecule has 0 aliphatic carbocycles. The molecule has 1 aromatic carbocycles. The second-order valence-corrected chi connectivity index (χ2v) is 9.25. The molecule has 0 radical (unpaired) electrons. The highest BCUT2D eigenvalue weighted by Crippen LogP contribution is 2.25. The van der Waals surface area contributed by atoms with Crippen LogP contribution in [0.1, 0.15) is 6.42 Å².